The van der Waals surface area contributed by atoms with Crippen molar-refractivity contribution >= 4 is 0 Å². The molecule has 2 saturated heterocycles. The van der Waals surface area contributed by atoms with E-state index in [9.17, 15) is 0 Å². The quantitative estimate of drug-likeness (QED) is 0.505. The van der Waals surface area contributed by atoms with E-state index in [1.807, 2.05) is 0 Å². The molecule has 2 aliphatic heterocycles. The standard InChI is InChI=1S/C6H10O3/c1(5-2-7-3-5)6-4-8-9-6/h5-6H,1-4H2. The van der Waals surface area contributed by atoms with Gasteiger partial charge in [-0.2, -0.15) is 0 Å². The first-order valence-electron chi connectivity index (χ1n) is 3.31. The molecule has 2 aliphatic rings. The van der Waals surface area contributed by atoms with Gasteiger partial charge in [0, 0.05) is 5.92 Å². The Morgan fingerprint density at radius 2 is 2.00 bits per heavy atom. The Morgan fingerprint density at radius 1 is 1.22 bits per heavy atom. The van der Waals surface area contributed by atoms with Crippen molar-refractivity contribution in [3.05, 3.63) is 0 Å². The summed E-state index contributed by atoms with van der Waals surface area (Å²) in [5.74, 6) is 0.735. The highest BCUT2D eigenvalue weighted by Gasteiger charge is 2.28. The maximum atomic E-state index is 5.01. The molecular weight excluding hydrogens is 120 g/mol. The van der Waals surface area contributed by atoms with Crippen molar-refractivity contribution in [3.8, 4) is 0 Å². The Kier molecular flexibility index (Phi) is 1.41. The summed E-state index contributed by atoms with van der Waals surface area (Å²) in [6.45, 7) is 2.61. The summed E-state index contributed by atoms with van der Waals surface area (Å²) in [5.41, 5.74) is 0. The highest BCUT2D eigenvalue weighted by atomic mass is 17.2. The van der Waals surface area contributed by atoms with Crippen LogP contribution in [0.4, 0.5) is 0 Å². The minimum absolute atomic E-state index is 0.360. The van der Waals surface area contributed by atoms with E-state index in [-0.39, 0.29) is 0 Å². The first-order chi connectivity index (χ1) is 4.45. The van der Waals surface area contributed by atoms with Gasteiger partial charge < -0.3 is 4.74 Å². The molecule has 0 aromatic rings. The molecule has 0 N–H and O–H groups in total. The minimum Gasteiger partial charge on any atom is -0.381 e. The molecule has 52 valence electrons. The van der Waals surface area contributed by atoms with Crippen LogP contribution in [0.25, 0.3) is 0 Å². The predicted octanol–water partition coefficient (Wildman–Crippen LogP) is 0.353. The van der Waals surface area contributed by atoms with Crippen LogP contribution in [-0.4, -0.2) is 25.9 Å². The molecule has 3 heteroatoms. The number of rotatable bonds is 2. The molecule has 2 heterocycles. The second-order valence-corrected chi connectivity index (χ2v) is 2.64. The van der Waals surface area contributed by atoms with Crippen LogP contribution in [0.1, 0.15) is 6.42 Å². The van der Waals surface area contributed by atoms with Gasteiger partial charge in [-0.25, -0.2) is 9.78 Å². The monoisotopic (exact) mass is 130 g/mol. The molecule has 0 spiro atoms. The van der Waals surface area contributed by atoms with Crippen molar-refractivity contribution in [2.75, 3.05) is 19.8 Å². The van der Waals surface area contributed by atoms with Crippen molar-refractivity contribution in [1.82, 2.24) is 0 Å². The van der Waals surface area contributed by atoms with Gasteiger partial charge in [-0.15, -0.1) is 0 Å². The van der Waals surface area contributed by atoms with E-state index < -0.39 is 0 Å². The molecule has 9 heavy (non-hydrogen) atoms. The summed E-state index contributed by atoms with van der Waals surface area (Å²) in [6, 6.07) is 0. The molecule has 0 amide bonds. The van der Waals surface area contributed by atoms with Gasteiger partial charge in [0.1, 0.15) is 12.7 Å². The topological polar surface area (TPSA) is 27.7 Å². The highest BCUT2D eigenvalue weighted by molar-refractivity contribution is 4.71. The SMILES string of the molecule is C1OCC1CC1COO1. The Balaban J connectivity index is 1.64. The van der Waals surface area contributed by atoms with Crippen LogP contribution in [0.3, 0.4) is 0 Å². The molecule has 2 rings (SSSR count). The third kappa shape index (κ3) is 1.08. The summed E-state index contributed by atoms with van der Waals surface area (Å²) in [6.07, 6.45) is 1.47. The molecule has 3 nitrogen and oxygen atoms in total. The molecule has 1 atom stereocenters. The molecule has 0 aliphatic carbocycles. The van der Waals surface area contributed by atoms with Gasteiger partial charge >= 0.3 is 0 Å². The zero-order valence-corrected chi connectivity index (χ0v) is 5.21. The molecule has 2 fully saturated rings. The Morgan fingerprint density at radius 3 is 2.33 bits per heavy atom. The van der Waals surface area contributed by atoms with Gasteiger partial charge in [0.15, 0.2) is 0 Å². The van der Waals surface area contributed by atoms with E-state index in [4.69, 9.17) is 9.62 Å². The first kappa shape index (κ1) is 5.65. The average molecular weight is 130 g/mol. The highest BCUT2D eigenvalue weighted by Crippen LogP contribution is 2.21. The van der Waals surface area contributed by atoms with Gasteiger partial charge in [-0.1, -0.05) is 0 Å². The lowest BCUT2D eigenvalue weighted by Gasteiger charge is -2.32. The van der Waals surface area contributed by atoms with Gasteiger partial charge in [0.25, 0.3) is 0 Å². The molecule has 0 bridgehead atoms. The fraction of sp³-hybridized carbons (Fsp3) is 1.00. The molecule has 0 aromatic heterocycles. The third-order valence-corrected chi connectivity index (χ3v) is 1.76. The zero-order chi connectivity index (χ0) is 6.10. The number of ether oxygens (including phenoxy) is 1. The van der Waals surface area contributed by atoms with E-state index >= 15 is 0 Å². The third-order valence-electron chi connectivity index (χ3n) is 1.76. The molecule has 0 radical (unpaired) electrons. The number of hydrogen-bond acceptors (Lipinski definition) is 3. The summed E-state index contributed by atoms with van der Waals surface area (Å²) in [7, 11) is 0. The second-order valence-electron chi connectivity index (χ2n) is 2.64. The van der Waals surface area contributed by atoms with E-state index in [1.54, 1.807) is 0 Å². The summed E-state index contributed by atoms with van der Waals surface area (Å²) < 4.78 is 5.01. The molecule has 0 saturated carbocycles. The van der Waals surface area contributed by atoms with E-state index in [1.165, 1.54) is 0 Å². The van der Waals surface area contributed by atoms with Crippen molar-refractivity contribution < 1.29 is 14.5 Å². The Bertz CT molecular complexity index is 84.5. The first-order valence-corrected chi connectivity index (χ1v) is 3.31. The van der Waals surface area contributed by atoms with Crippen LogP contribution in [0, 0.1) is 5.92 Å². The van der Waals surface area contributed by atoms with Gasteiger partial charge in [-0.3, -0.25) is 0 Å². The lowest BCUT2D eigenvalue weighted by molar-refractivity contribution is -0.428. The zero-order valence-electron chi connectivity index (χ0n) is 5.21. The lowest BCUT2D eigenvalue weighted by Crippen LogP contribution is -2.38. The summed E-state index contributed by atoms with van der Waals surface area (Å²) >= 11 is 0. The van der Waals surface area contributed by atoms with Gasteiger partial charge in [0.2, 0.25) is 0 Å². The summed E-state index contributed by atoms with van der Waals surface area (Å²) in [5, 5.41) is 0. The average Bonchev–Trinajstić information content (AvgIpc) is 1.57. The largest absolute Gasteiger partial charge is 0.381 e. The maximum absolute atomic E-state index is 5.01. The van der Waals surface area contributed by atoms with Crippen molar-refractivity contribution in [2.24, 2.45) is 5.92 Å². The van der Waals surface area contributed by atoms with Crippen LogP contribution in [0.5, 0.6) is 0 Å². The van der Waals surface area contributed by atoms with Crippen LogP contribution in [0.15, 0.2) is 0 Å². The van der Waals surface area contributed by atoms with Crippen LogP contribution in [-0.2, 0) is 14.5 Å². The Hall–Kier alpha value is -0.120. The number of hydrogen-bond donors (Lipinski definition) is 0. The fourth-order valence-electron chi connectivity index (χ4n) is 1.06. The maximum Gasteiger partial charge on any atom is 0.120 e. The van der Waals surface area contributed by atoms with Crippen molar-refractivity contribution in [2.45, 2.75) is 12.5 Å². The molecule has 0 aromatic carbocycles. The van der Waals surface area contributed by atoms with Crippen molar-refractivity contribution in [3.63, 3.8) is 0 Å². The van der Waals surface area contributed by atoms with Crippen LogP contribution < -0.4 is 0 Å². The molecular formula is C6H10O3. The van der Waals surface area contributed by atoms with E-state index in [0.29, 0.717) is 6.10 Å². The predicted molar refractivity (Wildman–Crippen MR) is 29.8 cm³/mol. The van der Waals surface area contributed by atoms with Crippen molar-refractivity contribution in [1.29, 1.82) is 0 Å². The van der Waals surface area contributed by atoms with E-state index in [0.717, 1.165) is 32.2 Å². The lowest BCUT2D eigenvalue weighted by atomic mass is 10.0. The fourth-order valence-corrected chi connectivity index (χ4v) is 1.06. The van der Waals surface area contributed by atoms with Crippen LogP contribution >= 0.6 is 0 Å². The smallest absolute Gasteiger partial charge is 0.120 e. The van der Waals surface area contributed by atoms with E-state index in [2.05, 4.69) is 4.89 Å². The summed E-state index contributed by atoms with van der Waals surface area (Å²) in [4.78, 5) is 9.35. The molecule has 1 unspecified atom stereocenters. The van der Waals surface area contributed by atoms with Gasteiger partial charge in [0.05, 0.1) is 13.2 Å². The normalized spacial score (nSPS) is 35.3. The van der Waals surface area contributed by atoms with Crippen LogP contribution in [0.2, 0.25) is 0 Å². The Labute approximate surface area is 53.8 Å². The minimum atomic E-state index is 0.360. The van der Waals surface area contributed by atoms with Gasteiger partial charge in [-0.05, 0) is 6.42 Å². The second kappa shape index (κ2) is 2.25.